The average molecular weight is 548 g/mol. The van der Waals surface area contributed by atoms with Crippen LogP contribution in [-0.4, -0.2) is 55.6 Å². The number of benzene rings is 1. The Morgan fingerprint density at radius 1 is 1.05 bits per heavy atom. The third kappa shape index (κ3) is 10.7. The van der Waals surface area contributed by atoms with Crippen LogP contribution in [0.5, 0.6) is 11.5 Å². The van der Waals surface area contributed by atoms with Crippen molar-refractivity contribution in [2.75, 3.05) is 32.8 Å². The molecule has 39 heavy (non-hydrogen) atoms. The van der Waals surface area contributed by atoms with Gasteiger partial charge in [-0.3, -0.25) is 4.79 Å². The molecule has 1 aromatic heterocycles. The first kappa shape index (κ1) is 32.5. The summed E-state index contributed by atoms with van der Waals surface area (Å²) in [5.41, 5.74) is 7.94. The number of nitrogens with one attached hydrogen (secondary N) is 1. The molecule has 9 heteroatoms. The molecule has 0 aliphatic heterocycles. The second kappa shape index (κ2) is 16.4. The Bertz CT molecular complexity index is 1020. The van der Waals surface area contributed by atoms with Gasteiger partial charge in [0.05, 0.1) is 19.8 Å². The summed E-state index contributed by atoms with van der Waals surface area (Å²) in [5.74, 6) is 0.420. The molecular weight excluding hydrogens is 501 g/mol. The van der Waals surface area contributed by atoms with Crippen molar-refractivity contribution >= 4 is 11.6 Å². The maximum Gasteiger partial charge on any atom is 0.227 e. The van der Waals surface area contributed by atoms with Crippen LogP contribution in [0.4, 0.5) is 10.1 Å². The zero-order chi connectivity index (χ0) is 28.9. The number of nitrogens with two attached hydrogens (primary N) is 1. The molecule has 0 bridgehead atoms. The molecule has 0 fully saturated rings. The lowest BCUT2D eigenvalue weighted by Gasteiger charge is -2.30. The third-order valence-corrected chi connectivity index (χ3v) is 7.12. The van der Waals surface area contributed by atoms with Gasteiger partial charge in [0.25, 0.3) is 0 Å². The number of anilines is 1. The number of halogens is 1. The molecule has 0 saturated carbocycles. The number of amides is 1. The number of aromatic nitrogens is 1. The molecular formula is C30H46FN3O5. The van der Waals surface area contributed by atoms with Crippen LogP contribution in [0, 0.1) is 29.6 Å². The highest BCUT2D eigenvalue weighted by molar-refractivity contribution is 5.92. The van der Waals surface area contributed by atoms with Gasteiger partial charge < -0.3 is 30.4 Å². The minimum Gasteiger partial charge on any atom is -0.493 e. The molecule has 0 spiro atoms. The standard InChI is InChI=1S/C30H46FN3O5/c1-19(2)22(14-21-8-9-27(38-6)28(15-21)39-13-7-12-37-5)16-25(32)26(35)18-24(20(3)4)30(36)34-23-10-11-33-29(31)17-23/h8-11,15,17,19-20,22,24-26,35H,7,12-14,16,18,32H2,1-6H3,(H,33,34,36). The maximum absolute atomic E-state index is 13.4. The normalized spacial score (nSPS) is 14.6. The largest absolute Gasteiger partial charge is 0.493 e. The van der Waals surface area contributed by atoms with Gasteiger partial charge in [-0.05, 0) is 60.8 Å². The lowest BCUT2D eigenvalue weighted by atomic mass is 9.81. The Hall–Kier alpha value is -2.75. The predicted molar refractivity (Wildman–Crippen MR) is 151 cm³/mol. The Balaban J connectivity index is 2.04. The highest BCUT2D eigenvalue weighted by Gasteiger charge is 2.30. The lowest BCUT2D eigenvalue weighted by molar-refractivity contribution is -0.122. The van der Waals surface area contributed by atoms with Crippen molar-refractivity contribution in [3.63, 3.8) is 0 Å². The summed E-state index contributed by atoms with van der Waals surface area (Å²) < 4.78 is 29.9. The zero-order valence-electron chi connectivity index (χ0n) is 24.2. The van der Waals surface area contributed by atoms with E-state index in [1.165, 1.54) is 18.3 Å². The molecule has 2 aromatic rings. The van der Waals surface area contributed by atoms with Crippen molar-refractivity contribution in [3.8, 4) is 11.5 Å². The molecule has 0 saturated heterocycles. The monoisotopic (exact) mass is 547 g/mol. The number of aliphatic hydroxyl groups excluding tert-OH is 1. The van der Waals surface area contributed by atoms with Crippen LogP contribution in [0.15, 0.2) is 36.5 Å². The van der Waals surface area contributed by atoms with Crippen molar-refractivity contribution in [3.05, 3.63) is 48.0 Å². The molecule has 0 aliphatic rings. The van der Waals surface area contributed by atoms with Crippen LogP contribution in [0.2, 0.25) is 0 Å². The first-order valence-electron chi connectivity index (χ1n) is 13.7. The molecule has 1 heterocycles. The summed E-state index contributed by atoms with van der Waals surface area (Å²) in [6.07, 6.45) is 2.78. The van der Waals surface area contributed by atoms with E-state index in [2.05, 4.69) is 24.1 Å². The summed E-state index contributed by atoms with van der Waals surface area (Å²) >= 11 is 0. The number of methoxy groups -OCH3 is 2. The fourth-order valence-corrected chi connectivity index (χ4v) is 4.58. The fourth-order valence-electron chi connectivity index (χ4n) is 4.58. The van der Waals surface area contributed by atoms with Gasteiger partial charge >= 0.3 is 0 Å². The Morgan fingerprint density at radius 3 is 2.41 bits per heavy atom. The van der Waals surface area contributed by atoms with Gasteiger partial charge in [-0.1, -0.05) is 33.8 Å². The topological polar surface area (TPSA) is 116 Å². The average Bonchev–Trinajstić information content (AvgIpc) is 2.88. The number of pyridine rings is 1. The number of carbonyl (C=O) groups is 1. The molecule has 218 valence electrons. The van der Waals surface area contributed by atoms with E-state index >= 15 is 0 Å². The van der Waals surface area contributed by atoms with Crippen molar-refractivity contribution in [1.29, 1.82) is 0 Å². The van der Waals surface area contributed by atoms with Crippen molar-refractivity contribution < 1.29 is 28.5 Å². The SMILES string of the molecule is COCCCOc1cc(CC(CC(N)C(O)CC(C(=O)Nc2ccnc(F)c2)C(C)C)C(C)C)ccc1OC. The first-order valence-corrected chi connectivity index (χ1v) is 13.7. The smallest absolute Gasteiger partial charge is 0.227 e. The van der Waals surface area contributed by atoms with E-state index in [1.54, 1.807) is 14.2 Å². The Labute approximate surface area is 232 Å². The van der Waals surface area contributed by atoms with E-state index in [9.17, 15) is 14.3 Å². The van der Waals surface area contributed by atoms with Gasteiger partial charge in [-0.25, -0.2) is 4.98 Å². The van der Waals surface area contributed by atoms with Gasteiger partial charge in [-0.15, -0.1) is 0 Å². The van der Waals surface area contributed by atoms with Crippen LogP contribution in [-0.2, 0) is 16.0 Å². The molecule has 4 atom stereocenters. The molecule has 0 aliphatic carbocycles. The summed E-state index contributed by atoms with van der Waals surface area (Å²) in [6.45, 7) is 9.29. The summed E-state index contributed by atoms with van der Waals surface area (Å²) in [4.78, 5) is 16.5. The minimum atomic E-state index is -0.867. The van der Waals surface area contributed by atoms with E-state index in [0.717, 1.165) is 18.4 Å². The van der Waals surface area contributed by atoms with E-state index < -0.39 is 24.0 Å². The molecule has 1 amide bonds. The molecule has 4 unspecified atom stereocenters. The molecule has 8 nitrogen and oxygen atoms in total. The number of ether oxygens (including phenoxy) is 3. The fraction of sp³-hybridized carbons (Fsp3) is 0.600. The van der Waals surface area contributed by atoms with E-state index in [-0.39, 0.29) is 24.2 Å². The summed E-state index contributed by atoms with van der Waals surface area (Å²) in [7, 11) is 3.28. The number of hydrogen-bond acceptors (Lipinski definition) is 7. The third-order valence-electron chi connectivity index (χ3n) is 7.12. The van der Waals surface area contributed by atoms with E-state index in [1.807, 2.05) is 32.0 Å². The van der Waals surface area contributed by atoms with Crippen LogP contribution >= 0.6 is 0 Å². The van der Waals surface area contributed by atoms with E-state index in [0.29, 0.717) is 42.7 Å². The maximum atomic E-state index is 13.4. The molecule has 0 radical (unpaired) electrons. The first-order chi connectivity index (χ1) is 18.5. The number of nitrogens with zero attached hydrogens (tertiary/aromatic N) is 1. The second-order valence-corrected chi connectivity index (χ2v) is 10.8. The van der Waals surface area contributed by atoms with Crippen molar-refractivity contribution in [1.82, 2.24) is 4.98 Å². The van der Waals surface area contributed by atoms with Gasteiger partial charge in [0.15, 0.2) is 11.5 Å². The number of aliphatic hydroxyl groups is 1. The molecule has 2 rings (SSSR count). The summed E-state index contributed by atoms with van der Waals surface area (Å²) in [6, 6.07) is 8.13. The zero-order valence-corrected chi connectivity index (χ0v) is 24.2. The molecule has 1 aromatic carbocycles. The lowest BCUT2D eigenvalue weighted by Crippen LogP contribution is -2.41. The number of hydrogen-bond donors (Lipinski definition) is 3. The quantitative estimate of drug-likeness (QED) is 0.192. The predicted octanol–water partition coefficient (Wildman–Crippen LogP) is 4.84. The van der Waals surface area contributed by atoms with Crippen LogP contribution in [0.25, 0.3) is 0 Å². The highest BCUT2D eigenvalue weighted by atomic mass is 19.1. The minimum absolute atomic E-state index is 0.0407. The van der Waals surface area contributed by atoms with Crippen LogP contribution in [0.3, 0.4) is 0 Å². The Kier molecular flexibility index (Phi) is 13.6. The van der Waals surface area contributed by atoms with E-state index in [4.69, 9.17) is 19.9 Å². The second-order valence-electron chi connectivity index (χ2n) is 10.8. The highest BCUT2D eigenvalue weighted by Crippen LogP contribution is 2.32. The van der Waals surface area contributed by atoms with Gasteiger partial charge in [0, 0.05) is 50.0 Å². The Morgan fingerprint density at radius 2 is 1.79 bits per heavy atom. The van der Waals surface area contributed by atoms with Gasteiger partial charge in [-0.2, -0.15) is 4.39 Å². The number of carbonyl (C=O) groups excluding carboxylic acids is 1. The van der Waals surface area contributed by atoms with Crippen molar-refractivity contribution in [2.24, 2.45) is 29.4 Å². The number of rotatable bonds is 17. The van der Waals surface area contributed by atoms with Gasteiger partial charge in [0.1, 0.15) is 0 Å². The van der Waals surface area contributed by atoms with Crippen LogP contribution < -0.4 is 20.5 Å². The van der Waals surface area contributed by atoms with Gasteiger partial charge in [0.2, 0.25) is 11.9 Å². The summed E-state index contributed by atoms with van der Waals surface area (Å²) in [5, 5.41) is 13.8. The van der Waals surface area contributed by atoms with Crippen LogP contribution in [0.1, 0.15) is 52.5 Å². The molecule has 4 N–H and O–H groups in total. The van der Waals surface area contributed by atoms with Crippen molar-refractivity contribution in [2.45, 2.75) is 65.5 Å².